The van der Waals surface area contributed by atoms with Crippen molar-refractivity contribution in [3.8, 4) is 0 Å². The van der Waals surface area contributed by atoms with Crippen molar-refractivity contribution in [1.29, 1.82) is 0 Å². The molecule has 1 fully saturated rings. The SMILES string of the molecule is Cc1ccc(N2C(=S)N[C@H](c3ccccn3)[C@@H]2c2ccc(Br)s2)cc1. The Balaban J connectivity index is 1.81. The maximum absolute atomic E-state index is 5.70. The standard InChI is InChI=1S/C19H16BrN3S2/c1-12-5-7-13(8-6-12)23-18(15-9-10-16(20)25-15)17(22-19(23)24)14-4-2-3-11-21-14/h2-11,17-18H,1H3,(H,22,24)/t17-,18+/m1/s1. The van der Waals surface area contributed by atoms with Crippen molar-refractivity contribution in [2.45, 2.75) is 19.0 Å². The molecule has 0 bridgehead atoms. The summed E-state index contributed by atoms with van der Waals surface area (Å²) in [5, 5.41) is 4.21. The number of anilines is 1. The lowest BCUT2D eigenvalue weighted by Crippen LogP contribution is -2.29. The number of pyridine rings is 1. The zero-order valence-electron chi connectivity index (χ0n) is 13.5. The molecule has 0 aliphatic carbocycles. The van der Waals surface area contributed by atoms with Crippen molar-refractivity contribution in [3.05, 3.63) is 80.7 Å². The van der Waals surface area contributed by atoms with Crippen LogP contribution in [0.1, 0.15) is 28.2 Å². The van der Waals surface area contributed by atoms with Gasteiger partial charge in [0.15, 0.2) is 5.11 Å². The van der Waals surface area contributed by atoms with Gasteiger partial charge in [-0.15, -0.1) is 11.3 Å². The Hall–Kier alpha value is -1.76. The Morgan fingerprint density at radius 3 is 2.56 bits per heavy atom. The zero-order chi connectivity index (χ0) is 17.4. The molecule has 25 heavy (non-hydrogen) atoms. The van der Waals surface area contributed by atoms with Gasteiger partial charge >= 0.3 is 0 Å². The molecule has 3 aromatic rings. The summed E-state index contributed by atoms with van der Waals surface area (Å²) in [6.45, 7) is 2.09. The minimum absolute atomic E-state index is 0.0144. The highest BCUT2D eigenvalue weighted by Gasteiger charge is 2.41. The van der Waals surface area contributed by atoms with Crippen molar-refractivity contribution in [3.63, 3.8) is 0 Å². The molecule has 3 nitrogen and oxygen atoms in total. The Morgan fingerprint density at radius 2 is 1.92 bits per heavy atom. The normalized spacial score (nSPS) is 19.9. The fourth-order valence-corrected chi connectivity index (χ4v) is 5.01. The highest BCUT2D eigenvalue weighted by molar-refractivity contribution is 9.11. The average Bonchev–Trinajstić information content (AvgIpc) is 3.20. The summed E-state index contributed by atoms with van der Waals surface area (Å²) in [4.78, 5) is 8.01. The Morgan fingerprint density at radius 1 is 1.12 bits per heavy atom. The fraction of sp³-hybridized carbons (Fsp3) is 0.158. The van der Waals surface area contributed by atoms with Gasteiger partial charge in [-0.2, -0.15) is 0 Å². The number of aryl methyl sites for hydroxylation is 1. The summed E-state index contributed by atoms with van der Waals surface area (Å²) in [5.41, 5.74) is 3.32. The van der Waals surface area contributed by atoms with Crippen LogP contribution in [0.15, 0.2) is 64.6 Å². The molecule has 1 saturated heterocycles. The molecule has 0 saturated carbocycles. The minimum atomic E-state index is 0.0144. The van der Waals surface area contributed by atoms with Gasteiger partial charge in [0.1, 0.15) is 0 Å². The lowest BCUT2D eigenvalue weighted by atomic mass is 10.0. The summed E-state index contributed by atoms with van der Waals surface area (Å²) in [6.07, 6.45) is 1.83. The maximum atomic E-state index is 5.70. The van der Waals surface area contributed by atoms with E-state index in [1.165, 1.54) is 10.4 Å². The van der Waals surface area contributed by atoms with E-state index < -0.39 is 0 Å². The third-order valence-corrected chi connectivity index (χ3v) is 6.30. The monoisotopic (exact) mass is 429 g/mol. The van der Waals surface area contributed by atoms with Crippen molar-refractivity contribution in [2.24, 2.45) is 0 Å². The van der Waals surface area contributed by atoms with Crippen molar-refractivity contribution < 1.29 is 0 Å². The zero-order valence-corrected chi connectivity index (χ0v) is 16.7. The number of hydrogen-bond donors (Lipinski definition) is 1. The number of thiocarbonyl (C=S) groups is 1. The Bertz CT molecular complexity index is 893. The summed E-state index contributed by atoms with van der Waals surface area (Å²) in [7, 11) is 0. The third kappa shape index (κ3) is 3.21. The predicted molar refractivity (Wildman–Crippen MR) is 111 cm³/mol. The molecule has 1 aromatic carbocycles. The number of benzene rings is 1. The van der Waals surface area contributed by atoms with Crippen LogP contribution >= 0.6 is 39.5 Å². The van der Waals surface area contributed by atoms with Gasteiger partial charge in [0.05, 0.1) is 21.6 Å². The number of aromatic nitrogens is 1. The third-order valence-electron chi connectivity index (χ3n) is 4.30. The summed E-state index contributed by atoms with van der Waals surface area (Å²) < 4.78 is 1.11. The molecule has 1 aliphatic heterocycles. The number of thiophene rings is 1. The van der Waals surface area contributed by atoms with E-state index in [1.54, 1.807) is 11.3 Å². The topological polar surface area (TPSA) is 28.2 Å². The molecule has 6 heteroatoms. The van der Waals surface area contributed by atoms with Crippen LogP contribution in [0.5, 0.6) is 0 Å². The smallest absolute Gasteiger partial charge is 0.174 e. The van der Waals surface area contributed by atoms with Gasteiger partial charge in [-0.1, -0.05) is 23.8 Å². The molecule has 1 aliphatic rings. The van der Waals surface area contributed by atoms with Crippen LogP contribution in [0.3, 0.4) is 0 Å². The van der Waals surface area contributed by atoms with E-state index in [0.29, 0.717) is 0 Å². The van der Waals surface area contributed by atoms with Crippen LogP contribution in [0, 0.1) is 6.92 Å². The molecule has 0 radical (unpaired) electrons. The van der Waals surface area contributed by atoms with E-state index in [4.69, 9.17) is 12.2 Å². The summed E-state index contributed by atoms with van der Waals surface area (Å²) in [6, 6.07) is 18.8. The van der Waals surface area contributed by atoms with Crippen LogP contribution in [0.25, 0.3) is 0 Å². The van der Waals surface area contributed by atoms with Gasteiger partial charge in [0.25, 0.3) is 0 Å². The van der Waals surface area contributed by atoms with Gasteiger partial charge in [0, 0.05) is 16.8 Å². The van der Waals surface area contributed by atoms with E-state index in [-0.39, 0.29) is 12.1 Å². The first-order valence-electron chi connectivity index (χ1n) is 7.96. The second kappa shape index (κ2) is 6.86. The Labute approximate surface area is 164 Å². The molecule has 126 valence electrons. The van der Waals surface area contributed by atoms with Gasteiger partial charge in [-0.25, -0.2) is 0 Å². The molecule has 1 N–H and O–H groups in total. The van der Waals surface area contributed by atoms with E-state index in [9.17, 15) is 0 Å². The van der Waals surface area contributed by atoms with E-state index in [1.807, 2.05) is 18.3 Å². The summed E-state index contributed by atoms with van der Waals surface area (Å²) >= 11 is 11.0. The minimum Gasteiger partial charge on any atom is -0.351 e. The molecule has 4 rings (SSSR count). The molecule has 3 heterocycles. The number of rotatable bonds is 3. The largest absolute Gasteiger partial charge is 0.351 e. The molecular formula is C19H16BrN3S2. The molecule has 0 amide bonds. The number of nitrogens with one attached hydrogen (secondary N) is 1. The molecule has 2 atom stereocenters. The van der Waals surface area contributed by atoms with Crippen LogP contribution in [-0.4, -0.2) is 10.1 Å². The van der Waals surface area contributed by atoms with Gasteiger partial charge in [-0.3, -0.25) is 4.98 Å². The number of nitrogens with zero attached hydrogens (tertiary/aromatic N) is 2. The van der Waals surface area contributed by atoms with Crippen LogP contribution in [0.2, 0.25) is 0 Å². The van der Waals surface area contributed by atoms with Crippen LogP contribution in [0.4, 0.5) is 5.69 Å². The van der Waals surface area contributed by atoms with Crippen LogP contribution in [-0.2, 0) is 0 Å². The van der Waals surface area contributed by atoms with Crippen molar-refractivity contribution in [1.82, 2.24) is 10.3 Å². The van der Waals surface area contributed by atoms with E-state index in [2.05, 4.69) is 80.5 Å². The maximum Gasteiger partial charge on any atom is 0.174 e. The quantitative estimate of drug-likeness (QED) is 0.564. The highest BCUT2D eigenvalue weighted by atomic mass is 79.9. The first-order valence-corrected chi connectivity index (χ1v) is 9.98. The first-order chi connectivity index (χ1) is 12.1. The van der Waals surface area contributed by atoms with Crippen molar-refractivity contribution in [2.75, 3.05) is 4.90 Å². The molecule has 0 unspecified atom stereocenters. The number of hydrogen-bond acceptors (Lipinski definition) is 3. The first kappa shape index (κ1) is 16.7. The van der Waals surface area contributed by atoms with Gasteiger partial charge < -0.3 is 10.2 Å². The van der Waals surface area contributed by atoms with E-state index >= 15 is 0 Å². The molecule has 2 aromatic heterocycles. The predicted octanol–water partition coefficient (Wildman–Crippen LogP) is 5.39. The number of halogens is 1. The van der Waals surface area contributed by atoms with Gasteiger partial charge in [0.2, 0.25) is 0 Å². The fourth-order valence-electron chi connectivity index (χ4n) is 3.11. The van der Waals surface area contributed by atoms with E-state index in [0.717, 1.165) is 20.3 Å². The lowest BCUT2D eigenvalue weighted by molar-refractivity contribution is 0.575. The molecule has 0 spiro atoms. The van der Waals surface area contributed by atoms with Crippen molar-refractivity contribution >= 4 is 50.3 Å². The van der Waals surface area contributed by atoms with Gasteiger partial charge in [-0.05, 0) is 71.5 Å². The highest BCUT2D eigenvalue weighted by Crippen LogP contribution is 2.44. The van der Waals surface area contributed by atoms with Crippen LogP contribution < -0.4 is 10.2 Å². The summed E-state index contributed by atoms with van der Waals surface area (Å²) in [5.74, 6) is 0. The second-order valence-electron chi connectivity index (χ2n) is 5.97. The molecular weight excluding hydrogens is 414 g/mol. The second-order valence-corrected chi connectivity index (χ2v) is 8.86. The lowest BCUT2D eigenvalue weighted by Gasteiger charge is -2.27. The average molecular weight is 430 g/mol. The Kier molecular flexibility index (Phi) is 4.58.